The predicted molar refractivity (Wildman–Crippen MR) is 162 cm³/mol. The maximum atomic E-state index is 15.3. The lowest BCUT2D eigenvalue weighted by molar-refractivity contribution is -0.119. The first kappa shape index (κ1) is 30.6. The van der Waals surface area contributed by atoms with Gasteiger partial charge >= 0.3 is 6.03 Å². The lowest BCUT2D eigenvalue weighted by atomic mass is 9.78. The first-order valence-electron chi connectivity index (χ1n) is 14.4. The van der Waals surface area contributed by atoms with Gasteiger partial charge in [-0.25, -0.2) is 14.2 Å². The summed E-state index contributed by atoms with van der Waals surface area (Å²) in [5.41, 5.74) is 0.883. The van der Waals surface area contributed by atoms with Gasteiger partial charge in [0.15, 0.2) is 0 Å². The number of carbonyl (C=O) groups excluding carboxylic acids is 3. The molecule has 1 aromatic heterocycles. The molecule has 3 amide bonds. The van der Waals surface area contributed by atoms with Crippen LogP contribution in [0.5, 0.6) is 0 Å². The Labute approximate surface area is 255 Å². The molecule has 11 heteroatoms. The van der Waals surface area contributed by atoms with E-state index in [4.69, 9.17) is 16.3 Å². The molecule has 1 aliphatic carbocycles. The van der Waals surface area contributed by atoms with Gasteiger partial charge < -0.3 is 19.7 Å². The first-order chi connectivity index (χ1) is 20.8. The molecule has 3 N–H and O–H groups in total. The molecule has 0 radical (unpaired) electrons. The van der Waals surface area contributed by atoms with Crippen LogP contribution in [0.2, 0.25) is 5.02 Å². The van der Waals surface area contributed by atoms with Crippen molar-refractivity contribution >= 4 is 41.3 Å². The fourth-order valence-corrected chi connectivity index (χ4v) is 5.80. The van der Waals surface area contributed by atoms with Gasteiger partial charge in [-0.3, -0.25) is 15.4 Å². The Morgan fingerprint density at radius 2 is 1.91 bits per heavy atom. The van der Waals surface area contributed by atoms with Gasteiger partial charge in [0.05, 0.1) is 28.9 Å². The van der Waals surface area contributed by atoms with Gasteiger partial charge in [0, 0.05) is 26.3 Å². The van der Waals surface area contributed by atoms with E-state index in [0.29, 0.717) is 17.4 Å². The molecule has 1 saturated heterocycles. The second-order valence-corrected chi connectivity index (χ2v) is 11.5. The number of methoxy groups -OCH3 is 1. The SMILES string of the molecule is CO[C@@H]1C[C@H](C(=O)Nc2cc(C(CCC3CC3)(NCC=O)c3ccccc3)ccc2F)N(C(=O)Nc2ccc(Cl)cn2)C1. The van der Waals surface area contributed by atoms with Crippen LogP contribution in [0.4, 0.5) is 20.7 Å². The van der Waals surface area contributed by atoms with Crippen molar-refractivity contribution in [2.75, 3.05) is 30.8 Å². The number of nitrogens with zero attached hydrogens (tertiary/aromatic N) is 2. The third-order valence-electron chi connectivity index (χ3n) is 8.22. The number of rotatable bonds is 12. The number of amides is 3. The molecular formula is C32H35ClFN5O4. The summed E-state index contributed by atoms with van der Waals surface area (Å²) in [4.78, 5) is 43.7. The van der Waals surface area contributed by atoms with E-state index in [1.807, 2.05) is 30.3 Å². The van der Waals surface area contributed by atoms with Crippen LogP contribution in [0, 0.1) is 11.7 Å². The fourth-order valence-electron chi connectivity index (χ4n) is 5.69. The van der Waals surface area contributed by atoms with Crippen molar-refractivity contribution in [2.45, 2.75) is 49.8 Å². The van der Waals surface area contributed by atoms with Gasteiger partial charge in [0.2, 0.25) is 5.91 Å². The summed E-state index contributed by atoms with van der Waals surface area (Å²) in [5.74, 6) is -0.255. The largest absolute Gasteiger partial charge is 0.380 e. The highest BCUT2D eigenvalue weighted by atomic mass is 35.5. The summed E-state index contributed by atoms with van der Waals surface area (Å²) in [6, 6.07) is 16.1. The third kappa shape index (κ3) is 7.21. The van der Waals surface area contributed by atoms with Gasteiger partial charge in [-0.15, -0.1) is 0 Å². The van der Waals surface area contributed by atoms with Crippen LogP contribution >= 0.6 is 11.6 Å². The highest BCUT2D eigenvalue weighted by Gasteiger charge is 2.41. The van der Waals surface area contributed by atoms with Crippen LogP contribution in [0.15, 0.2) is 66.9 Å². The van der Waals surface area contributed by atoms with Crippen molar-refractivity contribution in [3.8, 4) is 0 Å². The fraction of sp³-hybridized carbons (Fsp3) is 0.375. The Morgan fingerprint density at radius 1 is 1.12 bits per heavy atom. The normalized spacial score (nSPS) is 19.5. The van der Waals surface area contributed by atoms with Crippen LogP contribution in [0.25, 0.3) is 0 Å². The molecule has 2 aromatic carbocycles. The van der Waals surface area contributed by atoms with E-state index >= 15 is 4.39 Å². The van der Waals surface area contributed by atoms with E-state index in [0.717, 1.165) is 23.8 Å². The monoisotopic (exact) mass is 607 g/mol. The van der Waals surface area contributed by atoms with Crippen LogP contribution in [-0.2, 0) is 19.9 Å². The highest BCUT2D eigenvalue weighted by Crippen LogP contribution is 2.42. The van der Waals surface area contributed by atoms with Crippen LogP contribution in [0.3, 0.4) is 0 Å². The molecule has 1 aliphatic heterocycles. The number of urea groups is 1. The van der Waals surface area contributed by atoms with Crippen molar-refractivity contribution in [3.05, 3.63) is 88.8 Å². The number of anilines is 2. The number of halogens is 2. The summed E-state index contributed by atoms with van der Waals surface area (Å²) in [6.45, 7) is 0.274. The van der Waals surface area contributed by atoms with Crippen LogP contribution < -0.4 is 16.0 Å². The van der Waals surface area contributed by atoms with Gasteiger partial charge in [-0.05, 0) is 54.2 Å². The molecule has 1 unspecified atom stereocenters. The number of benzene rings is 2. The maximum Gasteiger partial charge on any atom is 0.323 e. The Balaban J connectivity index is 1.42. The van der Waals surface area contributed by atoms with Crippen LogP contribution in [-0.4, -0.2) is 60.5 Å². The zero-order valence-corrected chi connectivity index (χ0v) is 24.6. The molecule has 0 spiro atoms. The second-order valence-electron chi connectivity index (χ2n) is 11.0. The lowest BCUT2D eigenvalue weighted by Crippen LogP contribution is -2.46. The Kier molecular flexibility index (Phi) is 9.69. The van der Waals surface area contributed by atoms with Crippen molar-refractivity contribution in [2.24, 2.45) is 5.92 Å². The Bertz CT molecular complexity index is 1440. The second kappa shape index (κ2) is 13.6. The van der Waals surface area contributed by atoms with Crippen molar-refractivity contribution in [1.82, 2.24) is 15.2 Å². The summed E-state index contributed by atoms with van der Waals surface area (Å²) < 4.78 is 20.7. The zero-order chi connectivity index (χ0) is 30.4. The van der Waals surface area contributed by atoms with E-state index in [2.05, 4.69) is 20.9 Å². The molecule has 0 bridgehead atoms. The number of pyridine rings is 1. The minimum Gasteiger partial charge on any atom is -0.380 e. The quantitative estimate of drug-likeness (QED) is 0.239. The topological polar surface area (TPSA) is 113 Å². The number of aldehydes is 1. The summed E-state index contributed by atoms with van der Waals surface area (Å²) in [6.07, 6.45) is 6.05. The number of hydrogen-bond donors (Lipinski definition) is 3. The van der Waals surface area contributed by atoms with E-state index in [1.165, 1.54) is 37.1 Å². The van der Waals surface area contributed by atoms with Crippen LogP contribution in [0.1, 0.15) is 43.2 Å². The highest BCUT2D eigenvalue weighted by molar-refractivity contribution is 6.30. The van der Waals surface area contributed by atoms with E-state index < -0.39 is 29.3 Å². The minimum absolute atomic E-state index is 0.0114. The van der Waals surface area contributed by atoms with E-state index in [1.54, 1.807) is 24.3 Å². The van der Waals surface area contributed by atoms with Crippen molar-refractivity contribution in [3.63, 3.8) is 0 Å². The molecule has 9 nitrogen and oxygen atoms in total. The number of aromatic nitrogens is 1. The molecule has 1 saturated carbocycles. The predicted octanol–water partition coefficient (Wildman–Crippen LogP) is 5.36. The number of ether oxygens (including phenoxy) is 1. The molecule has 3 atom stereocenters. The van der Waals surface area contributed by atoms with Crippen molar-refractivity contribution < 1.29 is 23.5 Å². The van der Waals surface area contributed by atoms with Gasteiger partial charge in [0.1, 0.15) is 24.0 Å². The first-order valence-corrected chi connectivity index (χ1v) is 14.8. The minimum atomic E-state index is -0.915. The number of nitrogens with one attached hydrogen (secondary N) is 3. The molecule has 3 aromatic rings. The third-order valence-corrected chi connectivity index (χ3v) is 8.44. The molecular weight excluding hydrogens is 573 g/mol. The average molecular weight is 608 g/mol. The molecule has 2 aliphatic rings. The molecule has 2 heterocycles. The standard InChI is InChI=1S/C32H35ClFN5O4/c1-43-25-18-28(39(20-25)31(42)38-29-12-10-24(33)19-35-29)30(41)37-27-17-23(9-11-26(27)34)32(36-15-16-40,14-13-21-7-8-21)22-5-3-2-4-6-22/h2-6,9-12,16-17,19,21,25,28,36H,7-8,13-15,18,20H2,1H3,(H,37,41)(H,35,38,42)/t25-,28-,32?/m1/s1. The van der Waals surface area contributed by atoms with Gasteiger partial charge in [0.25, 0.3) is 0 Å². The van der Waals surface area contributed by atoms with E-state index in [9.17, 15) is 14.4 Å². The molecule has 2 fully saturated rings. The lowest BCUT2D eigenvalue weighted by Gasteiger charge is -2.36. The average Bonchev–Trinajstić information content (AvgIpc) is 3.75. The molecule has 226 valence electrons. The van der Waals surface area contributed by atoms with Gasteiger partial charge in [-0.1, -0.05) is 60.8 Å². The summed E-state index contributed by atoms with van der Waals surface area (Å²) in [5, 5.41) is 9.25. The zero-order valence-electron chi connectivity index (χ0n) is 23.9. The summed E-state index contributed by atoms with van der Waals surface area (Å²) >= 11 is 5.90. The van der Waals surface area contributed by atoms with Crippen molar-refractivity contribution in [1.29, 1.82) is 0 Å². The number of likely N-dealkylation sites (tertiary alicyclic amines) is 1. The maximum absolute atomic E-state index is 15.3. The number of carbonyl (C=O) groups is 3. The Morgan fingerprint density at radius 3 is 2.58 bits per heavy atom. The Hall–Kier alpha value is -3.86. The smallest absolute Gasteiger partial charge is 0.323 e. The van der Waals surface area contributed by atoms with E-state index in [-0.39, 0.29) is 37.1 Å². The molecule has 5 rings (SSSR count). The van der Waals surface area contributed by atoms with Gasteiger partial charge in [-0.2, -0.15) is 0 Å². The number of hydrogen-bond acceptors (Lipinski definition) is 6. The summed E-state index contributed by atoms with van der Waals surface area (Å²) in [7, 11) is 1.52. The molecule has 43 heavy (non-hydrogen) atoms.